The van der Waals surface area contributed by atoms with Gasteiger partial charge in [-0.25, -0.2) is 0 Å². The molecule has 1 heterocycles. The van der Waals surface area contributed by atoms with E-state index in [2.05, 4.69) is 67.4 Å². The van der Waals surface area contributed by atoms with Gasteiger partial charge in [0.25, 0.3) is 0 Å². The molecule has 2 aromatic carbocycles. The summed E-state index contributed by atoms with van der Waals surface area (Å²) in [5.74, 6) is 1.30. The summed E-state index contributed by atoms with van der Waals surface area (Å²) < 4.78 is 0. The fourth-order valence-corrected chi connectivity index (χ4v) is 4.45. The summed E-state index contributed by atoms with van der Waals surface area (Å²) in [6.07, 6.45) is 2.58. The van der Waals surface area contributed by atoms with Gasteiger partial charge in [0.05, 0.1) is 0 Å². The molecule has 22 heavy (non-hydrogen) atoms. The lowest BCUT2D eigenvalue weighted by Crippen LogP contribution is -2.34. The minimum absolute atomic E-state index is 0. The highest BCUT2D eigenvalue weighted by Crippen LogP contribution is 2.47. The summed E-state index contributed by atoms with van der Waals surface area (Å²) in [4.78, 5) is 2.57. The zero-order valence-corrected chi connectivity index (χ0v) is 14.1. The Balaban J connectivity index is 0.00000144. The SMILES string of the molecule is Cc1cccc([C@@H]2C[C@H]3[C@H](CCN3C)c3ccccc32)c1.Cl. The third-order valence-corrected chi connectivity index (χ3v) is 5.52. The topological polar surface area (TPSA) is 3.24 Å². The van der Waals surface area contributed by atoms with Crippen LogP contribution in [0.15, 0.2) is 48.5 Å². The van der Waals surface area contributed by atoms with Crippen molar-refractivity contribution in [2.24, 2.45) is 0 Å². The van der Waals surface area contributed by atoms with Crippen LogP contribution in [0.1, 0.15) is 46.9 Å². The highest BCUT2D eigenvalue weighted by molar-refractivity contribution is 5.85. The van der Waals surface area contributed by atoms with E-state index in [0.717, 1.165) is 5.92 Å². The van der Waals surface area contributed by atoms with Crippen molar-refractivity contribution < 1.29 is 0 Å². The average molecular weight is 314 g/mol. The molecule has 1 fully saturated rings. The van der Waals surface area contributed by atoms with Crippen molar-refractivity contribution in [3.8, 4) is 0 Å². The molecular weight excluding hydrogens is 290 g/mol. The molecule has 0 unspecified atom stereocenters. The number of halogens is 1. The van der Waals surface area contributed by atoms with E-state index in [4.69, 9.17) is 0 Å². The van der Waals surface area contributed by atoms with E-state index >= 15 is 0 Å². The molecule has 2 aromatic rings. The van der Waals surface area contributed by atoms with E-state index in [1.54, 1.807) is 11.1 Å². The molecule has 3 atom stereocenters. The van der Waals surface area contributed by atoms with Crippen LogP contribution >= 0.6 is 12.4 Å². The molecule has 1 nitrogen and oxygen atoms in total. The molecule has 0 saturated carbocycles. The third-order valence-electron chi connectivity index (χ3n) is 5.52. The average Bonchev–Trinajstić information content (AvgIpc) is 2.88. The lowest BCUT2D eigenvalue weighted by atomic mass is 9.71. The third kappa shape index (κ3) is 2.47. The zero-order valence-electron chi connectivity index (χ0n) is 13.3. The largest absolute Gasteiger partial charge is 0.303 e. The lowest BCUT2D eigenvalue weighted by molar-refractivity contribution is 0.265. The van der Waals surface area contributed by atoms with Crippen LogP contribution < -0.4 is 0 Å². The smallest absolute Gasteiger partial charge is 0.0170 e. The van der Waals surface area contributed by atoms with Gasteiger partial charge in [-0.1, -0.05) is 54.1 Å². The number of rotatable bonds is 1. The van der Waals surface area contributed by atoms with Gasteiger partial charge in [-0.2, -0.15) is 0 Å². The van der Waals surface area contributed by atoms with Crippen LogP contribution in [0.2, 0.25) is 0 Å². The van der Waals surface area contributed by atoms with E-state index < -0.39 is 0 Å². The lowest BCUT2D eigenvalue weighted by Gasteiger charge is -2.37. The summed E-state index contributed by atoms with van der Waals surface area (Å²) in [5, 5.41) is 0. The molecule has 0 N–H and O–H groups in total. The maximum Gasteiger partial charge on any atom is 0.0170 e. The molecule has 1 aliphatic carbocycles. The molecule has 0 spiro atoms. The summed E-state index contributed by atoms with van der Waals surface area (Å²) in [6, 6.07) is 18.9. The van der Waals surface area contributed by atoms with Crippen LogP contribution in [-0.4, -0.2) is 24.5 Å². The second kappa shape index (κ2) is 6.06. The van der Waals surface area contributed by atoms with Crippen molar-refractivity contribution in [2.75, 3.05) is 13.6 Å². The van der Waals surface area contributed by atoms with Crippen molar-refractivity contribution in [3.05, 3.63) is 70.8 Å². The normalized spacial score (nSPS) is 26.9. The quantitative estimate of drug-likeness (QED) is 0.735. The molecule has 4 rings (SSSR count). The van der Waals surface area contributed by atoms with Gasteiger partial charge in [-0.05, 0) is 50.0 Å². The molecule has 1 aliphatic heterocycles. The van der Waals surface area contributed by atoms with Crippen LogP contribution in [0.4, 0.5) is 0 Å². The highest BCUT2D eigenvalue weighted by Gasteiger charge is 2.40. The first-order valence-electron chi connectivity index (χ1n) is 8.09. The van der Waals surface area contributed by atoms with Crippen LogP contribution in [0.25, 0.3) is 0 Å². The van der Waals surface area contributed by atoms with Crippen molar-refractivity contribution in [1.82, 2.24) is 4.90 Å². The van der Waals surface area contributed by atoms with E-state index in [1.807, 2.05) is 0 Å². The van der Waals surface area contributed by atoms with Crippen LogP contribution in [0, 0.1) is 6.92 Å². The number of likely N-dealkylation sites (tertiary alicyclic amines) is 1. The number of hydrogen-bond donors (Lipinski definition) is 0. The minimum Gasteiger partial charge on any atom is -0.303 e. The van der Waals surface area contributed by atoms with E-state index in [-0.39, 0.29) is 12.4 Å². The van der Waals surface area contributed by atoms with Crippen molar-refractivity contribution in [1.29, 1.82) is 0 Å². The molecule has 2 heteroatoms. The molecule has 0 aromatic heterocycles. The van der Waals surface area contributed by atoms with Gasteiger partial charge in [0.2, 0.25) is 0 Å². The van der Waals surface area contributed by atoms with Crippen molar-refractivity contribution >= 4 is 12.4 Å². The van der Waals surface area contributed by atoms with Crippen LogP contribution in [-0.2, 0) is 0 Å². The van der Waals surface area contributed by atoms with Crippen LogP contribution in [0.5, 0.6) is 0 Å². The Morgan fingerprint density at radius 3 is 2.55 bits per heavy atom. The van der Waals surface area contributed by atoms with E-state index in [1.165, 1.54) is 30.5 Å². The fourth-order valence-electron chi connectivity index (χ4n) is 4.45. The van der Waals surface area contributed by atoms with Gasteiger partial charge in [0, 0.05) is 17.9 Å². The van der Waals surface area contributed by atoms with Crippen molar-refractivity contribution in [3.63, 3.8) is 0 Å². The predicted octanol–water partition coefficient (Wildman–Crippen LogP) is 4.74. The van der Waals surface area contributed by atoms with Gasteiger partial charge in [-0.3, -0.25) is 0 Å². The molecule has 0 amide bonds. The number of hydrogen-bond acceptors (Lipinski definition) is 1. The Bertz CT molecular complexity index is 666. The minimum atomic E-state index is 0. The maximum atomic E-state index is 2.57. The van der Waals surface area contributed by atoms with E-state index in [9.17, 15) is 0 Å². The van der Waals surface area contributed by atoms with Gasteiger partial charge < -0.3 is 4.90 Å². The summed E-state index contributed by atoms with van der Waals surface area (Å²) >= 11 is 0. The first-order chi connectivity index (χ1) is 10.2. The Morgan fingerprint density at radius 1 is 1.00 bits per heavy atom. The standard InChI is InChI=1S/C20H23N.ClH/c1-14-6-5-7-15(12-14)19-13-20-18(10-11-21(20)2)16-8-3-4-9-17(16)19;/h3-9,12,18-20H,10-11,13H2,1-2H3;1H/t18-,19+,20+;/m1./s1. The number of nitrogens with zero attached hydrogens (tertiary/aromatic N) is 1. The Morgan fingerprint density at radius 2 is 1.77 bits per heavy atom. The van der Waals surface area contributed by atoms with E-state index in [0.29, 0.717) is 12.0 Å². The Labute approximate surface area is 139 Å². The van der Waals surface area contributed by atoms with Gasteiger partial charge in [0.15, 0.2) is 0 Å². The first kappa shape index (κ1) is 15.6. The van der Waals surface area contributed by atoms with Gasteiger partial charge in [0.1, 0.15) is 0 Å². The predicted molar refractivity (Wildman–Crippen MR) is 95.1 cm³/mol. The summed E-state index contributed by atoms with van der Waals surface area (Å²) in [7, 11) is 2.30. The Kier molecular flexibility index (Phi) is 4.29. The monoisotopic (exact) mass is 313 g/mol. The number of likely N-dealkylation sites (N-methyl/N-ethyl adjacent to an activating group) is 1. The zero-order chi connectivity index (χ0) is 14.4. The molecule has 116 valence electrons. The van der Waals surface area contributed by atoms with Crippen LogP contribution in [0.3, 0.4) is 0 Å². The molecule has 0 bridgehead atoms. The highest BCUT2D eigenvalue weighted by atomic mass is 35.5. The molecular formula is C20H24ClN. The summed E-state index contributed by atoms with van der Waals surface area (Å²) in [6.45, 7) is 3.44. The maximum absolute atomic E-state index is 2.57. The summed E-state index contributed by atoms with van der Waals surface area (Å²) in [5.41, 5.74) is 6.03. The second-order valence-electron chi connectivity index (χ2n) is 6.77. The fraction of sp³-hybridized carbons (Fsp3) is 0.400. The number of aryl methyl sites for hydroxylation is 1. The van der Waals surface area contributed by atoms with Crippen molar-refractivity contribution in [2.45, 2.75) is 37.6 Å². The molecule has 2 aliphatic rings. The first-order valence-corrected chi connectivity index (χ1v) is 8.09. The molecule has 0 radical (unpaired) electrons. The second-order valence-corrected chi connectivity index (χ2v) is 6.77. The number of fused-ring (bicyclic) bond motifs is 3. The Hall–Kier alpha value is -1.31. The van der Waals surface area contributed by atoms with Gasteiger partial charge in [-0.15, -0.1) is 12.4 Å². The number of benzene rings is 2. The van der Waals surface area contributed by atoms with Gasteiger partial charge >= 0.3 is 0 Å². The molecule has 1 saturated heterocycles.